The Morgan fingerprint density at radius 3 is 2.80 bits per heavy atom. The maximum atomic E-state index is 12.5. The van der Waals surface area contributed by atoms with Crippen LogP contribution in [0.1, 0.15) is 21.9 Å². The smallest absolute Gasteiger partial charge is 0.404 e. The number of carbonyl (C=O) groups is 1. The number of nitrogens with one attached hydrogen (secondary N) is 1. The summed E-state index contributed by atoms with van der Waals surface area (Å²) in [7, 11) is 0. The van der Waals surface area contributed by atoms with Crippen molar-refractivity contribution in [3.63, 3.8) is 0 Å². The Balaban J connectivity index is 1.42. The summed E-state index contributed by atoms with van der Waals surface area (Å²) in [6.45, 7) is 0.742. The van der Waals surface area contributed by atoms with Crippen LogP contribution >= 0.6 is 15.9 Å². The molecule has 11 heteroatoms. The quantitative estimate of drug-likeness (QED) is 0.324. The molecule has 1 amide bonds. The molecule has 0 unspecified atom stereocenters. The van der Waals surface area contributed by atoms with E-state index in [2.05, 4.69) is 31.4 Å². The van der Waals surface area contributed by atoms with E-state index in [1.807, 2.05) is 30.5 Å². The normalized spacial score (nSPS) is 10.8. The summed E-state index contributed by atoms with van der Waals surface area (Å²) in [5, 5.41) is 21.7. The highest BCUT2D eigenvalue weighted by molar-refractivity contribution is 9.10. The zero-order chi connectivity index (χ0) is 21.1. The van der Waals surface area contributed by atoms with Gasteiger partial charge in [0.05, 0.1) is 17.8 Å². The lowest BCUT2D eigenvalue weighted by Gasteiger charge is -2.07. The first-order chi connectivity index (χ1) is 14.5. The Hall–Kier alpha value is -3.73. The zero-order valence-electron chi connectivity index (χ0n) is 15.4. The number of aromatic nitrogens is 4. The third-order valence-electron chi connectivity index (χ3n) is 4.16. The average Bonchev–Trinajstić information content (AvgIpc) is 3.44. The standard InChI is InChI=1S/C19H15BrN6O4/c20-16-12-25(23-18(16)26(28)29)11-15-5-6-17(30-15)19(27)22-14-4-1-3-13(9-14)10-24-8-2-7-21-24/h1-9,12H,10-11H2,(H,22,27). The summed E-state index contributed by atoms with van der Waals surface area (Å²) in [5.74, 6) is -0.111. The van der Waals surface area contributed by atoms with Gasteiger partial charge in [0.1, 0.15) is 16.8 Å². The van der Waals surface area contributed by atoms with Crippen molar-refractivity contribution >= 4 is 33.3 Å². The van der Waals surface area contributed by atoms with E-state index in [1.165, 1.54) is 10.9 Å². The van der Waals surface area contributed by atoms with Gasteiger partial charge in [0.15, 0.2) is 5.76 Å². The number of furan rings is 1. The molecule has 0 aliphatic carbocycles. The first-order valence-electron chi connectivity index (χ1n) is 8.82. The number of nitro groups is 1. The predicted octanol–water partition coefficient (Wildman–Crippen LogP) is 3.69. The molecule has 0 spiro atoms. The Morgan fingerprint density at radius 1 is 1.20 bits per heavy atom. The van der Waals surface area contributed by atoms with Crippen LogP contribution in [-0.4, -0.2) is 30.4 Å². The fraction of sp³-hybridized carbons (Fsp3) is 0.105. The number of nitrogens with zero attached hydrogens (tertiary/aromatic N) is 5. The highest BCUT2D eigenvalue weighted by Gasteiger charge is 2.20. The highest BCUT2D eigenvalue weighted by atomic mass is 79.9. The molecule has 0 aliphatic rings. The minimum Gasteiger partial charge on any atom is -0.454 e. The van der Waals surface area contributed by atoms with Crippen LogP contribution in [0.5, 0.6) is 0 Å². The molecule has 3 aromatic heterocycles. The van der Waals surface area contributed by atoms with Crippen molar-refractivity contribution < 1.29 is 14.1 Å². The van der Waals surface area contributed by atoms with Gasteiger partial charge in [-0.1, -0.05) is 12.1 Å². The topological polar surface area (TPSA) is 121 Å². The van der Waals surface area contributed by atoms with Crippen molar-refractivity contribution in [2.24, 2.45) is 0 Å². The van der Waals surface area contributed by atoms with Gasteiger partial charge in [-0.3, -0.25) is 9.48 Å². The highest BCUT2D eigenvalue weighted by Crippen LogP contribution is 2.23. The molecular weight excluding hydrogens is 456 g/mol. The molecule has 10 nitrogen and oxygen atoms in total. The molecule has 152 valence electrons. The second-order valence-corrected chi connectivity index (χ2v) is 7.23. The second-order valence-electron chi connectivity index (χ2n) is 6.38. The number of anilines is 1. The first-order valence-corrected chi connectivity index (χ1v) is 9.61. The number of carbonyl (C=O) groups excluding carboxylic acids is 1. The minimum absolute atomic E-state index is 0.128. The predicted molar refractivity (Wildman–Crippen MR) is 110 cm³/mol. The summed E-state index contributed by atoms with van der Waals surface area (Å²) in [4.78, 5) is 22.8. The molecule has 30 heavy (non-hydrogen) atoms. The van der Waals surface area contributed by atoms with E-state index in [0.717, 1.165) is 5.56 Å². The van der Waals surface area contributed by atoms with Gasteiger partial charge in [0.2, 0.25) is 0 Å². The number of halogens is 1. The van der Waals surface area contributed by atoms with E-state index in [4.69, 9.17) is 4.42 Å². The number of benzene rings is 1. The monoisotopic (exact) mass is 470 g/mol. The van der Waals surface area contributed by atoms with Crippen LogP contribution in [0.2, 0.25) is 0 Å². The third kappa shape index (κ3) is 4.46. The molecule has 1 aromatic carbocycles. The molecule has 0 aliphatic heterocycles. The molecule has 4 rings (SSSR count). The minimum atomic E-state index is -0.581. The van der Waals surface area contributed by atoms with E-state index in [0.29, 0.717) is 18.0 Å². The van der Waals surface area contributed by atoms with Gasteiger partial charge in [-0.2, -0.15) is 9.78 Å². The molecular formula is C19H15BrN6O4. The van der Waals surface area contributed by atoms with Crippen LogP contribution < -0.4 is 5.32 Å². The van der Waals surface area contributed by atoms with Gasteiger partial charge in [-0.15, -0.1) is 0 Å². The fourth-order valence-electron chi connectivity index (χ4n) is 2.86. The number of hydrogen-bond donors (Lipinski definition) is 1. The number of amides is 1. The third-order valence-corrected chi connectivity index (χ3v) is 4.72. The molecule has 0 saturated heterocycles. The van der Waals surface area contributed by atoms with Crippen molar-refractivity contribution in [2.75, 3.05) is 5.32 Å². The van der Waals surface area contributed by atoms with Crippen molar-refractivity contribution in [3.05, 3.63) is 92.7 Å². The second kappa shape index (κ2) is 8.33. The Labute approximate surface area is 178 Å². The van der Waals surface area contributed by atoms with E-state index < -0.39 is 10.8 Å². The van der Waals surface area contributed by atoms with Gasteiger partial charge in [-0.25, -0.2) is 0 Å². The number of hydrogen-bond acceptors (Lipinski definition) is 6. The molecule has 4 aromatic rings. The molecule has 0 atom stereocenters. The molecule has 0 saturated carbocycles. The van der Waals surface area contributed by atoms with Crippen molar-refractivity contribution in [2.45, 2.75) is 13.1 Å². The fourth-order valence-corrected chi connectivity index (χ4v) is 3.32. The molecule has 1 N–H and O–H groups in total. The van der Waals surface area contributed by atoms with E-state index in [1.54, 1.807) is 29.1 Å². The van der Waals surface area contributed by atoms with Gasteiger partial charge in [0, 0.05) is 18.1 Å². The molecule has 0 bridgehead atoms. The van der Waals surface area contributed by atoms with Crippen LogP contribution in [-0.2, 0) is 13.1 Å². The average molecular weight is 471 g/mol. The Kier molecular flexibility index (Phi) is 5.44. The van der Waals surface area contributed by atoms with Crippen LogP contribution in [0.4, 0.5) is 11.5 Å². The van der Waals surface area contributed by atoms with Gasteiger partial charge >= 0.3 is 5.82 Å². The lowest BCUT2D eigenvalue weighted by Crippen LogP contribution is -2.11. The summed E-state index contributed by atoms with van der Waals surface area (Å²) in [6.07, 6.45) is 5.05. The van der Waals surface area contributed by atoms with Crippen molar-refractivity contribution in [3.8, 4) is 0 Å². The number of rotatable bonds is 7. The van der Waals surface area contributed by atoms with Gasteiger partial charge in [0.25, 0.3) is 5.91 Å². The largest absolute Gasteiger partial charge is 0.454 e. The first kappa shape index (κ1) is 19.6. The lowest BCUT2D eigenvalue weighted by atomic mass is 10.2. The van der Waals surface area contributed by atoms with Crippen LogP contribution in [0, 0.1) is 10.1 Å². The van der Waals surface area contributed by atoms with Crippen LogP contribution in [0.15, 0.2) is 69.9 Å². The summed E-state index contributed by atoms with van der Waals surface area (Å²) < 4.78 is 9.00. The summed E-state index contributed by atoms with van der Waals surface area (Å²) in [6, 6.07) is 12.5. The molecule has 3 heterocycles. The molecule has 0 fully saturated rings. The summed E-state index contributed by atoms with van der Waals surface area (Å²) in [5.41, 5.74) is 1.62. The van der Waals surface area contributed by atoms with Gasteiger partial charge < -0.3 is 19.8 Å². The Morgan fingerprint density at radius 2 is 2.07 bits per heavy atom. The maximum absolute atomic E-state index is 12.5. The Bertz CT molecular complexity index is 1200. The van der Waals surface area contributed by atoms with Gasteiger partial charge in [-0.05, 0) is 56.7 Å². The van der Waals surface area contributed by atoms with E-state index >= 15 is 0 Å². The van der Waals surface area contributed by atoms with Crippen LogP contribution in [0.3, 0.4) is 0 Å². The zero-order valence-corrected chi connectivity index (χ0v) is 17.0. The SMILES string of the molecule is O=C(Nc1cccc(Cn2cccn2)c1)c1ccc(Cn2cc(Br)c([N+](=O)[O-])n2)o1. The van der Waals surface area contributed by atoms with Crippen molar-refractivity contribution in [1.29, 1.82) is 0 Å². The van der Waals surface area contributed by atoms with Crippen LogP contribution in [0.25, 0.3) is 0 Å². The maximum Gasteiger partial charge on any atom is 0.404 e. The van der Waals surface area contributed by atoms with E-state index in [9.17, 15) is 14.9 Å². The van der Waals surface area contributed by atoms with Crippen molar-refractivity contribution in [1.82, 2.24) is 19.6 Å². The molecule has 0 radical (unpaired) electrons. The summed E-state index contributed by atoms with van der Waals surface area (Å²) >= 11 is 3.10. The van der Waals surface area contributed by atoms with E-state index in [-0.39, 0.29) is 22.6 Å². The lowest BCUT2D eigenvalue weighted by molar-refractivity contribution is -0.390.